The number of hydrogen-bond donors (Lipinski definition) is 1. The van der Waals surface area contributed by atoms with E-state index in [1.165, 1.54) is 16.7 Å². The molecule has 0 spiro atoms. The fraction of sp³-hybridized carbons (Fsp3) is 0.286. The first-order chi connectivity index (χ1) is 19.7. The van der Waals surface area contributed by atoms with E-state index in [4.69, 9.17) is 4.74 Å². The summed E-state index contributed by atoms with van der Waals surface area (Å²) < 4.78 is 6.05. The zero-order chi connectivity index (χ0) is 27.4. The first kappa shape index (κ1) is 30.2. The molecule has 5 nitrogen and oxygen atoms in total. The molecule has 0 aliphatic carbocycles. The van der Waals surface area contributed by atoms with Crippen molar-refractivity contribution >= 4 is 25.3 Å². The largest absolute Gasteiger partial charge is 0.448 e. The lowest BCUT2D eigenvalue weighted by Crippen LogP contribution is -2.45. The highest BCUT2D eigenvalue weighted by atomic mass is 32.1. The van der Waals surface area contributed by atoms with Crippen LogP contribution in [0.3, 0.4) is 0 Å². The number of ether oxygens (including phenoxy) is 1. The minimum Gasteiger partial charge on any atom is -0.448 e. The Morgan fingerprint density at radius 2 is 1.20 bits per heavy atom. The number of rotatable bonds is 11. The fourth-order valence-electron chi connectivity index (χ4n) is 5.36. The van der Waals surface area contributed by atoms with Crippen LogP contribution in [0.25, 0.3) is 0 Å². The van der Waals surface area contributed by atoms with E-state index in [2.05, 4.69) is 95.1 Å². The number of nitrogens with zero attached hydrogens (tertiary/aromatic N) is 2. The van der Waals surface area contributed by atoms with Gasteiger partial charge in [-0.25, -0.2) is 4.79 Å². The monoisotopic (exact) mass is 567 g/mol. The fourth-order valence-corrected chi connectivity index (χ4v) is 5.36. The van der Waals surface area contributed by atoms with Gasteiger partial charge in [0.05, 0.1) is 0 Å². The quantitative estimate of drug-likeness (QED) is 0.210. The molecule has 1 aliphatic rings. The van der Waals surface area contributed by atoms with Crippen molar-refractivity contribution in [2.24, 2.45) is 0 Å². The molecule has 0 bridgehead atoms. The van der Waals surface area contributed by atoms with Crippen LogP contribution in [-0.2, 0) is 24.2 Å². The second-order valence-electron chi connectivity index (χ2n) is 10.6. The summed E-state index contributed by atoms with van der Waals surface area (Å²) in [4.78, 5) is 17.5. The van der Waals surface area contributed by atoms with E-state index in [0.717, 1.165) is 38.0 Å². The number of para-hydroxylation sites is 1. The summed E-state index contributed by atoms with van der Waals surface area (Å²) in [6.07, 6.45) is 2.41. The molecule has 6 heteroatoms. The van der Waals surface area contributed by atoms with Crippen LogP contribution in [0.1, 0.15) is 29.5 Å². The summed E-state index contributed by atoms with van der Waals surface area (Å²) in [5.41, 5.74) is 4.86. The first-order valence-corrected chi connectivity index (χ1v) is 14.3. The lowest BCUT2D eigenvalue weighted by Gasteiger charge is -2.34. The Hall–Kier alpha value is -3.74. The molecule has 4 aromatic carbocycles. The van der Waals surface area contributed by atoms with E-state index < -0.39 is 0 Å². The van der Waals surface area contributed by atoms with Crippen molar-refractivity contribution in [3.63, 3.8) is 0 Å². The summed E-state index contributed by atoms with van der Waals surface area (Å²) in [5.74, 6) is 0. The number of benzene rings is 4. The van der Waals surface area contributed by atoms with Gasteiger partial charge in [-0.2, -0.15) is 13.5 Å². The minimum atomic E-state index is -0.212. The number of nitrogens with one attached hydrogen (secondary N) is 1. The van der Waals surface area contributed by atoms with Crippen molar-refractivity contribution in [1.29, 1.82) is 0 Å². The Bertz CT molecular complexity index is 1240. The van der Waals surface area contributed by atoms with Crippen LogP contribution in [0.4, 0.5) is 10.5 Å². The summed E-state index contributed by atoms with van der Waals surface area (Å²) in [6.45, 7) is 3.30. The van der Waals surface area contributed by atoms with Crippen LogP contribution in [0, 0.1) is 0 Å². The predicted molar refractivity (Wildman–Crippen MR) is 172 cm³/mol. The first-order valence-electron chi connectivity index (χ1n) is 14.3. The molecule has 214 valence electrons. The van der Waals surface area contributed by atoms with E-state index in [-0.39, 0.29) is 25.6 Å². The predicted octanol–water partition coefficient (Wildman–Crippen LogP) is 7.13. The van der Waals surface area contributed by atoms with Gasteiger partial charge in [-0.15, -0.1) is 0 Å². The lowest BCUT2D eigenvalue weighted by atomic mass is 10.0. The van der Waals surface area contributed by atoms with Crippen molar-refractivity contribution in [2.45, 2.75) is 44.4 Å². The number of anilines is 1. The highest BCUT2D eigenvalue weighted by molar-refractivity contribution is 7.59. The van der Waals surface area contributed by atoms with Crippen molar-refractivity contribution in [3.05, 3.63) is 138 Å². The van der Waals surface area contributed by atoms with Gasteiger partial charge in [0.2, 0.25) is 0 Å². The summed E-state index contributed by atoms with van der Waals surface area (Å²) in [5, 5.41) is 3.59. The molecule has 0 aromatic heterocycles. The van der Waals surface area contributed by atoms with Gasteiger partial charge in [0.15, 0.2) is 0 Å². The van der Waals surface area contributed by atoms with Crippen LogP contribution < -0.4 is 5.32 Å². The van der Waals surface area contributed by atoms with Gasteiger partial charge >= 0.3 is 6.09 Å². The molecule has 1 N–H and O–H groups in total. The highest BCUT2D eigenvalue weighted by Gasteiger charge is 2.26. The maximum atomic E-state index is 13.2. The Balaban J connectivity index is 0.00000387. The van der Waals surface area contributed by atoms with Gasteiger partial charge in [0, 0.05) is 44.0 Å². The third kappa shape index (κ3) is 9.41. The molecule has 1 atom stereocenters. The molecular weight excluding hydrogens is 526 g/mol. The maximum absolute atomic E-state index is 13.2. The second-order valence-corrected chi connectivity index (χ2v) is 10.6. The molecule has 1 aliphatic heterocycles. The number of carbonyl (C=O) groups excluding carboxylic acids is 1. The van der Waals surface area contributed by atoms with E-state index in [9.17, 15) is 4.79 Å². The Labute approximate surface area is 251 Å². The second kappa shape index (κ2) is 15.9. The molecule has 1 saturated heterocycles. The third-order valence-electron chi connectivity index (χ3n) is 7.58. The zero-order valence-corrected chi connectivity index (χ0v) is 24.6. The van der Waals surface area contributed by atoms with Crippen molar-refractivity contribution in [2.75, 3.05) is 25.0 Å². The zero-order valence-electron chi connectivity index (χ0n) is 23.6. The SMILES string of the molecule is O=C(OC[C@H](Cc1ccccc1)N(Cc1ccccc1)Cc1ccccc1)N1CCC(Nc2ccccc2)CC1.S. The number of hydrogen-bond acceptors (Lipinski definition) is 4. The summed E-state index contributed by atoms with van der Waals surface area (Å²) >= 11 is 0. The van der Waals surface area contributed by atoms with Gasteiger partial charge in [-0.1, -0.05) is 109 Å². The molecular formula is C35H41N3O2S. The van der Waals surface area contributed by atoms with Crippen LogP contribution in [-0.4, -0.2) is 47.7 Å². The summed E-state index contributed by atoms with van der Waals surface area (Å²) in [7, 11) is 0. The molecule has 41 heavy (non-hydrogen) atoms. The standard InChI is InChI=1S/C35H39N3O2.H2S/c39-35(37-23-21-33(22-24-37)36-32-19-11-4-12-20-32)40-28-34(25-29-13-5-1-6-14-29)38(26-30-15-7-2-8-16-30)27-31-17-9-3-10-18-31;/h1-20,33-34,36H,21-28H2;1H2/t34-;/m0./s1. The van der Waals surface area contributed by atoms with Gasteiger partial charge in [-0.05, 0) is 48.1 Å². The van der Waals surface area contributed by atoms with E-state index in [0.29, 0.717) is 25.7 Å². The van der Waals surface area contributed by atoms with Crippen molar-refractivity contribution in [3.8, 4) is 0 Å². The topological polar surface area (TPSA) is 44.8 Å². The van der Waals surface area contributed by atoms with Crippen LogP contribution >= 0.6 is 13.5 Å². The molecule has 5 rings (SSSR count). The molecule has 0 unspecified atom stereocenters. The number of likely N-dealkylation sites (tertiary alicyclic amines) is 1. The van der Waals surface area contributed by atoms with Crippen LogP contribution in [0.5, 0.6) is 0 Å². The Morgan fingerprint density at radius 3 is 1.71 bits per heavy atom. The third-order valence-corrected chi connectivity index (χ3v) is 7.58. The van der Waals surface area contributed by atoms with E-state index in [1.54, 1.807) is 0 Å². The van der Waals surface area contributed by atoms with Crippen molar-refractivity contribution < 1.29 is 9.53 Å². The molecule has 0 radical (unpaired) electrons. The molecule has 1 heterocycles. The van der Waals surface area contributed by atoms with Gasteiger partial charge in [-0.3, -0.25) is 4.90 Å². The Morgan fingerprint density at radius 1 is 0.732 bits per heavy atom. The molecule has 0 saturated carbocycles. The number of carbonyl (C=O) groups is 1. The lowest BCUT2D eigenvalue weighted by molar-refractivity contribution is 0.0543. The molecule has 4 aromatic rings. The average Bonchev–Trinajstić information content (AvgIpc) is 3.01. The normalized spacial score (nSPS) is 14.2. The van der Waals surface area contributed by atoms with Crippen LogP contribution in [0.15, 0.2) is 121 Å². The average molecular weight is 568 g/mol. The molecule has 1 amide bonds. The summed E-state index contributed by atoms with van der Waals surface area (Å²) in [6, 6.07) is 42.3. The van der Waals surface area contributed by atoms with Gasteiger partial charge in [0.1, 0.15) is 6.61 Å². The van der Waals surface area contributed by atoms with Gasteiger partial charge in [0.25, 0.3) is 0 Å². The highest BCUT2D eigenvalue weighted by Crippen LogP contribution is 2.20. The van der Waals surface area contributed by atoms with Crippen LogP contribution in [0.2, 0.25) is 0 Å². The van der Waals surface area contributed by atoms with E-state index in [1.807, 2.05) is 41.3 Å². The van der Waals surface area contributed by atoms with Crippen molar-refractivity contribution in [1.82, 2.24) is 9.80 Å². The number of piperidine rings is 1. The van der Waals surface area contributed by atoms with Gasteiger partial charge < -0.3 is 15.0 Å². The number of amides is 1. The molecule has 1 fully saturated rings. The smallest absolute Gasteiger partial charge is 0.409 e. The van der Waals surface area contributed by atoms with E-state index >= 15 is 0 Å². The Kier molecular flexibility index (Phi) is 11.7. The minimum absolute atomic E-state index is 0. The maximum Gasteiger partial charge on any atom is 0.409 e.